The summed E-state index contributed by atoms with van der Waals surface area (Å²) in [6, 6.07) is 9.21. The Morgan fingerprint density at radius 3 is 2.37 bits per heavy atom. The van der Waals surface area contributed by atoms with Crippen LogP contribution in [0.5, 0.6) is 0 Å². The van der Waals surface area contributed by atoms with Crippen LogP contribution in [0.15, 0.2) is 57.2 Å². The van der Waals surface area contributed by atoms with Crippen LogP contribution in [-0.2, 0) is 16.9 Å². The molecule has 0 unspecified atom stereocenters. The Bertz CT molecular complexity index is 1290. The summed E-state index contributed by atoms with van der Waals surface area (Å²) >= 11 is 0. The zero-order valence-corrected chi connectivity index (χ0v) is 18.0. The predicted octanol–water partition coefficient (Wildman–Crippen LogP) is 2.57. The molecule has 0 amide bonds. The van der Waals surface area contributed by atoms with Crippen molar-refractivity contribution in [2.24, 2.45) is 7.05 Å². The molecule has 1 aromatic heterocycles. The van der Waals surface area contributed by atoms with E-state index in [9.17, 15) is 17.6 Å². The molecule has 1 saturated heterocycles. The van der Waals surface area contributed by atoms with Gasteiger partial charge in [0.1, 0.15) is 10.7 Å². The molecule has 30 heavy (non-hydrogen) atoms. The summed E-state index contributed by atoms with van der Waals surface area (Å²) < 4.78 is 42.8. The Morgan fingerprint density at radius 2 is 1.70 bits per heavy atom. The third-order valence-electron chi connectivity index (χ3n) is 5.66. The van der Waals surface area contributed by atoms with Gasteiger partial charge in [-0.15, -0.1) is 0 Å². The molecular formula is C22H24FN3O3S. The fraction of sp³-hybridized carbons (Fsp3) is 0.318. The number of anilines is 1. The number of benzene rings is 2. The molecule has 4 rings (SSSR count). The monoisotopic (exact) mass is 429 g/mol. The molecule has 1 aliphatic rings. The number of halogens is 1. The number of sulfone groups is 1. The lowest BCUT2D eigenvalue weighted by molar-refractivity contribution is 0.312. The van der Waals surface area contributed by atoms with E-state index in [1.54, 1.807) is 36.7 Å². The van der Waals surface area contributed by atoms with E-state index >= 15 is 0 Å². The average molecular weight is 430 g/mol. The van der Waals surface area contributed by atoms with Crippen molar-refractivity contribution in [2.75, 3.05) is 38.1 Å². The van der Waals surface area contributed by atoms with E-state index in [-0.39, 0.29) is 15.2 Å². The van der Waals surface area contributed by atoms with Crippen molar-refractivity contribution >= 4 is 26.4 Å². The second-order valence-corrected chi connectivity index (χ2v) is 9.78. The van der Waals surface area contributed by atoms with Gasteiger partial charge in [0.25, 0.3) is 0 Å². The molecule has 1 fully saturated rings. The molecule has 0 atom stereocenters. The molecule has 0 N–H and O–H groups in total. The van der Waals surface area contributed by atoms with Crippen molar-refractivity contribution in [3.05, 3.63) is 64.2 Å². The molecule has 2 heterocycles. The van der Waals surface area contributed by atoms with Crippen LogP contribution < -0.4 is 10.3 Å². The summed E-state index contributed by atoms with van der Waals surface area (Å²) in [5.41, 5.74) is 1.02. The second-order valence-electron chi connectivity index (χ2n) is 7.86. The van der Waals surface area contributed by atoms with Gasteiger partial charge in [-0.25, -0.2) is 12.8 Å². The maximum absolute atomic E-state index is 15.0. The van der Waals surface area contributed by atoms with Crippen LogP contribution in [0.4, 0.5) is 10.1 Å². The summed E-state index contributed by atoms with van der Waals surface area (Å²) in [7, 11) is -0.336. The third-order valence-corrected chi connectivity index (χ3v) is 7.40. The lowest BCUT2D eigenvalue weighted by Gasteiger charge is -2.34. The zero-order chi connectivity index (χ0) is 21.6. The van der Waals surface area contributed by atoms with E-state index in [2.05, 4.69) is 4.90 Å². The van der Waals surface area contributed by atoms with Crippen LogP contribution in [0.1, 0.15) is 5.56 Å². The first kappa shape index (κ1) is 20.6. The van der Waals surface area contributed by atoms with Gasteiger partial charge in [0, 0.05) is 39.4 Å². The quantitative estimate of drug-likeness (QED) is 0.640. The zero-order valence-electron chi connectivity index (χ0n) is 17.2. The number of pyridine rings is 1. The molecule has 8 heteroatoms. The van der Waals surface area contributed by atoms with E-state index in [4.69, 9.17) is 0 Å². The van der Waals surface area contributed by atoms with E-state index in [0.717, 1.165) is 18.7 Å². The van der Waals surface area contributed by atoms with Crippen molar-refractivity contribution in [3.8, 4) is 0 Å². The van der Waals surface area contributed by atoms with Crippen LogP contribution >= 0.6 is 0 Å². The molecule has 3 aromatic rings. The Balaban J connectivity index is 1.87. The number of aromatic nitrogens is 1. The van der Waals surface area contributed by atoms with Crippen molar-refractivity contribution in [1.82, 2.24) is 9.47 Å². The highest BCUT2D eigenvalue weighted by Gasteiger charge is 2.25. The Hall–Kier alpha value is -2.71. The number of piperazine rings is 1. The number of fused-ring (bicyclic) bond motifs is 1. The molecule has 0 spiro atoms. The van der Waals surface area contributed by atoms with Gasteiger partial charge < -0.3 is 14.4 Å². The fourth-order valence-electron chi connectivity index (χ4n) is 3.85. The Labute approximate surface area is 175 Å². The minimum absolute atomic E-state index is 0.0495. The fourth-order valence-corrected chi connectivity index (χ4v) is 5.36. The molecule has 6 nitrogen and oxygen atoms in total. The van der Waals surface area contributed by atoms with Gasteiger partial charge in [-0.1, -0.05) is 12.1 Å². The van der Waals surface area contributed by atoms with Gasteiger partial charge in [0.2, 0.25) is 15.3 Å². The molecular weight excluding hydrogens is 405 g/mol. The minimum atomic E-state index is -4.03. The third kappa shape index (κ3) is 3.50. The predicted molar refractivity (Wildman–Crippen MR) is 115 cm³/mol. The second kappa shape index (κ2) is 7.52. The van der Waals surface area contributed by atoms with Gasteiger partial charge >= 0.3 is 0 Å². The molecule has 158 valence electrons. The normalized spacial score (nSPS) is 15.7. The van der Waals surface area contributed by atoms with Crippen LogP contribution in [0.3, 0.4) is 0 Å². The standard InChI is InChI=1S/C22H24FN3O3S/c1-15-5-4-6-16(11-15)30(28,29)21-14-25(3)19-13-20(18(23)12-17(19)22(21)27)26-9-7-24(2)8-10-26/h4-6,11-14H,7-10H2,1-3H3. The number of hydrogen-bond donors (Lipinski definition) is 0. The Kier molecular flexibility index (Phi) is 5.15. The van der Waals surface area contributed by atoms with E-state index in [0.29, 0.717) is 24.3 Å². The summed E-state index contributed by atoms with van der Waals surface area (Å²) in [6.07, 6.45) is 1.33. The number of nitrogens with zero attached hydrogens (tertiary/aromatic N) is 3. The number of hydrogen-bond acceptors (Lipinski definition) is 5. The number of likely N-dealkylation sites (N-methyl/N-ethyl adjacent to an activating group) is 1. The smallest absolute Gasteiger partial charge is 0.211 e. The lowest BCUT2D eigenvalue weighted by atomic mass is 10.1. The molecule has 0 saturated carbocycles. The number of aryl methyl sites for hydroxylation is 2. The average Bonchev–Trinajstić information content (AvgIpc) is 2.71. The van der Waals surface area contributed by atoms with E-state index in [1.165, 1.54) is 24.4 Å². The molecule has 0 aliphatic carbocycles. The van der Waals surface area contributed by atoms with Crippen molar-refractivity contribution in [1.29, 1.82) is 0 Å². The highest BCUT2D eigenvalue weighted by atomic mass is 32.2. The van der Waals surface area contributed by atoms with Crippen molar-refractivity contribution < 1.29 is 12.8 Å². The van der Waals surface area contributed by atoms with Crippen LogP contribution in [0.25, 0.3) is 10.9 Å². The van der Waals surface area contributed by atoms with Crippen LogP contribution in [0.2, 0.25) is 0 Å². The van der Waals surface area contributed by atoms with Gasteiger partial charge in [0.15, 0.2) is 0 Å². The summed E-state index contributed by atoms with van der Waals surface area (Å²) in [4.78, 5) is 16.9. The van der Waals surface area contributed by atoms with Gasteiger partial charge in [-0.2, -0.15) is 0 Å². The number of rotatable bonds is 3. The van der Waals surface area contributed by atoms with Crippen molar-refractivity contribution in [2.45, 2.75) is 16.7 Å². The Morgan fingerprint density at radius 1 is 1.00 bits per heavy atom. The largest absolute Gasteiger partial charge is 0.367 e. The maximum Gasteiger partial charge on any atom is 0.211 e. The maximum atomic E-state index is 15.0. The first-order chi connectivity index (χ1) is 14.2. The molecule has 2 aromatic carbocycles. The lowest BCUT2D eigenvalue weighted by Crippen LogP contribution is -2.44. The highest BCUT2D eigenvalue weighted by Crippen LogP contribution is 2.27. The SMILES string of the molecule is Cc1cccc(S(=O)(=O)c2cn(C)c3cc(N4CCN(C)CC4)c(F)cc3c2=O)c1. The molecule has 0 bridgehead atoms. The van der Waals surface area contributed by atoms with Crippen LogP contribution in [0, 0.1) is 12.7 Å². The minimum Gasteiger partial charge on any atom is -0.367 e. The van der Waals surface area contributed by atoms with Gasteiger partial charge in [-0.3, -0.25) is 4.79 Å². The summed E-state index contributed by atoms with van der Waals surface area (Å²) in [5.74, 6) is -0.519. The summed E-state index contributed by atoms with van der Waals surface area (Å²) in [6.45, 7) is 4.81. The van der Waals surface area contributed by atoms with Gasteiger partial charge in [-0.05, 0) is 43.8 Å². The first-order valence-electron chi connectivity index (χ1n) is 9.76. The first-order valence-corrected chi connectivity index (χ1v) is 11.2. The topological polar surface area (TPSA) is 62.6 Å². The van der Waals surface area contributed by atoms with Crippen molar-refractivity contribution in [3.63, 3.8) is 0 Å². The molecule has 0 radical (unpaired) electrons. The van der Waals surface area contributed by atoms with Gasteiger partial charge in [0.05, 0.1) is 21.5 Å². The highest BCUT2D eigenvalue weighted by molar-refractivity contribution is 7.91. The van der Waals surface area contributed by atoms with Crippen LogP contribution in [-0.4, -0.2) is 51.1 Å². The summed E-state index contributed by atoms with van der Waals surface area (Å²) in [5, 5.41) is 0.0570. The van der Waals surface area contributed by atoms with E-state index in [1.807, 2.05) is 11.9 Å². The molecule has 1 aliphatic heterocycles. The van der Waals surface area contributed by atoms with E-state index < -0.39 is 21.1 Å².